The van der Waals surface area contributed by atoms with E-state index in [1.807, 2.05) is 42.8 Å². The second kappa shape index (κ2) is 8.65. The molecule has 0 saturated carbocycles. The van der Waals surface area contributed by atoms with Crippen LogP contribution in [-0.2, 0) is 21.4 Å². The van der Waals surface area contributed by atoms with Crippen LogP contribution in [0.15, 0.2) is 53.6 Å². The number of halogens is 1. The highest BCUT2D eigenvalue weighted by Crippen LogP contribution is 2.38. The zero-order chi connectivity index (χ0) is 22.2. The van der Waals surface area contributed by atoms with E-state index >= 15 is 0 Å². The summed E-state index contributed by atoms with van der Waals surface area (Å²) in [5.74, 6) is 0.652. The van der Waals surface area contributed by atoms with Crippen LogP contribution in [0.25, 0.3) is 10.9 Å². The second-order valence-corrected chi connectivity index (χ2v) is 10.4. The highest BCUT2D eigenvalue weighted by molar-refractivity contribution is 7.89. The van der Waals surface area contributed by atoms with Crippen molar-refractivity contribution < 1.29 is 17.9 Å². The van der Waals surface area contributed by atoms with Crippen molar-refractivity contribution in [2.75, 3.05) is 13.1 Å². The summed E-state index contributed by atoms with van der Waals surface area (Å²) in [6.45, 7) is 4.89. The van der Waals surface area contributed by atoms with Gasteiger partial charge in [0.1, 0.15) is 12.0 Å². The van der Waals surface area contributed by atoms with Crippen LogP contribution in [0, 0.1) is 0 Å². The molecule has 164 valence electrons. The van der Waals surface area contributed by atoms with Gasteiger partial charge in [0, 0.05) is 30.6 Å². The average Bonchev–Trinajstić information content (AvgIpc) is 3.35. The fraction of sp³-hybridized carbons (Fsp3) is 0.348. The summed E-state index contributed by atoms with van der Waals surface area (Å²) in [5, 5.41) is 1.50. The summed E-state index contributed by atoms with van der Waals surface area (Å²) in [4.78, 5) is 11.4. The minimum atomic E-state index is -3.61. The van der Waals surface area contributed by atoms with Gasteiger partial charge in [-0.3, -0.25) is 0 Å². The fourth-order valence-corrected chi connectivity index (χ4v) is 5.97. The number of aromatic nitrogens is 1. The number of aldehydes is 1. The van der Waals surface area contributed by atoms with Gasteiger partial charge in [-0.05, 0) is 62.2 Å². The van der Waals surface area contributed by atoms with Crippen LogP contribution in [-0.4, -0.2) is 42.8 Å². The quantitative estimate of drug-likeness (QED) is 0.488. The number of rotatable bonds is 7. The van der Waals surface area contributed by atoms with Crippen LogP contribution in [0.5, 0.6) is 5.75 Å². The first-order valence-corrected chi connectivity index (χ1v) is 12.1. The first-order valence-electron chi connectivity index (χ1n) is 10.3. The molecule has 8 heteroatoms. The molecular formula is C23H25ClN2O4S. The van der Waals surface area contributed by atoms with Gasteiger partial charge in [-0.1, -0.05) is 17.7 Å². The van der Waals surface area contributed by atoms with E-state index in [0.29, 0.717) is 30.3 Å². The highest BCUT2D eigenvalue weighted by atomic mass is 35.5. The van der Waals surface area contributed by atoms with Crippen molar-refractivity contribution in [3.63, 3.8) is 0 Å². The van der Waals surface area contributed by atoms with Crippen molar-refractivity contribution in [1.82, 2.24) is 8.87 Å². The third kappa shape index (κ3) is 4.22. The summed E-state index contributed by atoms with van der Waals surface area (Å²) >= 11 is 6.48. The molecule has 1 saturated heterocycles. The smallest absolute Gasteiger partial charge is 0.243 e. The molecule has 4 rings (SSSR count). The monoisotopic (exact) mass is 460 g/mol. The molecule has 1 aromatic heterocycles. The van der Waals surface area contributed by atoms with E-state index in [9.17, 15) is 13.2 Å². The lowest BCUT2D eigenvalue weighted by atomic mass is 9.98. The Bertz CT molecular complexity index is 1200. The highest BCUT2D eigenvalue weighted by Gasteiger charge is 2.34. The van der Waals surface area contributed by atoms with Gasteiger partial charge in [0.25, 0.3) is 0 Å². The minimum Gasteiger partial charge on any atom is -0.491 e. The maximum Gasteiger partial charge on any atom is 0.243 e. The summed E-state index contributed by atoms with van der Waals surface area (Å²) in [6.07, 6.45) is 3.50. The van der Waals surface area contributed by atoms with Gasteiger partial charge in [-0.15, -0.1) is 0 Å². The predicted octanol–water partition coefficient (Wildman–Crippen LogP) is 4.46. The molecule has 1 unspecified atom stereocenters. The normalized spacial score (nSPS) is 17.5. The molecule has 0 N–H and O–H groups in total. The van der Waals surface area contributed by atoms with Crippen LogP contribution in [0.1, 0.15) is 31.7 Å². The van der Waals surface area contributed by atoms with Gasteiger partial charge in [-0.2, -0.15) is 4.31 Å². The Morgan fingerprint density at radius 3 is 2.61 bits per heavy atom. The molecule has 1 aliphatic rings. The number of hydrogen-bond donors (Lipinski definition) is 0. The summed E-state index contributed by atoms with van der Waals surface area (Å²) in [5.41, 5.74) is 1.87. The summed E-state index contributed by atoms with van der Waals surface area (Å²) in [7, 11) is -3.61. The third-order valence-electron chi connectivity index (χ3n) is 5.58. The number of benzene rings is 2. The van der Waals surface area contributed by atoms with E-state index < -0.39 is 10.0 Å². The maximum absolute atomic E-state index is 13.2. The number of hydrogen-bond acceptors (Lipinski definition) is 4. The number of ether oxygens (including phenoxy) is 1. The Labute approximate surface area is 187 Å². The van der Waals surface area contributed by atoms with Gasteiger partial charge < -0.3 is 14.1 Å². The van der Waals surface area contributed by atoms with E-state index in [2.05, 4.69) is 0 Å². The standard InChI is InChI=1S/C23H25ClN2O4S/c1-16(2)30-18-6-8-19(9-7-18)31(28,29)26-11-10-17(14-26)20-15-25(12-13-27)22-5-3-4-21(24)23(20)22/h3-9,13,15-17H,10-12,14H2,1-2H3. The molecule has 1 fully saturated rings. The Morgan fingerprint density at radius 2 is 1.94 bits per heavy atom. The van der Waals surface area contributed by atoms with E-state index in [4.69, 9.17) is 16.3 Å². The molecule has 1 aliphatic heterocycles. The van der Waals surface area contributed by atoms with Crippen molar-refractivity contribution >= 4 is 38.8 Å². The van der Waals surface area contributed by atoms with E-state index in [1.165, 1.54) is 4.31 Å². The van der Waals surface area contributed by atoms with Gasteiger partial charge in [0.15, 0.2) is 0 Å². The zero-order valence-corrected chi connectivity index (χ0v) is 19.1. The molecule has 31 heavy (non-hydrogen) atoms. The molecule has 1 atom stereocenters. The van der Waals surface area contributed by atoms with Gasteiger partial charge in [0.05, 0.1) is 28.1 Å². The Kier molecular flexibility index (Phi) is 6.10. The van der Waals surface area contributed by atoms with Crippen molar-refractivity contribution in [3.8, 4) is 5.75 Å². The lowest BCUT2D eigenvalue weighted by Gasteiger charge is -2.17. The maximum atomic E-state index is 13.2. The molecule has 6 nitrogen and oxygen atoms in total. The number of nitrogens with zero attached hydrogens (tertiary/aromatic N) is 2. The molecule has 3 aromatic rings. The second-order valence-electron chi connectivity index (χ2n) is 8.02. The molecular weight excluding hydrogens is 436 g/mol. The van der Waals surface area contributed by atoms with Crippen LogP contribution in [0.4, 0.5) is 0 Å². The SMILES string of the molecule is CC(C)Oc1ccc(S(=O)(=O)N2CCC(c3cn(CC=O)c4cccc(Cl)c34)C2)cc1. The van der Waals surface area contributed by atoms with Gasteiger partial charge in [0.2, 0.25) is 10.0 Å². The molecule has 0 bridgehead atoms. The number of fused-ring (bicyclic) bond motifs is 1. The van der Waals surface area contributed by atoms with Crippen LogP contribution < -0.4 is 4.74 Å². The van der Waals surface area contributed by atoms with Crippen molar-refractivity contribution in [2.24, 2.45) is 0 Å². The van der Waals surface area contributed by atoms with Crippen molar-refractivity contribution in [1.29, 1.82) is 0 Å². The molecule has 0 radical (unpaired) electrons. The van der Waals surface area contributed by atoms with E-state index in [1.54, 1.807) is 24.3 Å². The van der Waals surface area contributed by atoms with Gasteiger partial charge in [-0.25, -0.2) is 8.42 Å². The minimum absolute atomic E-state index is 0.00799. The molecule has 2 heterocycles. The lowest BCUT2D eigenvalue weighted by molar-refractivity contribution is -0.108. The van der Waals surface area contributed by atoms with Crippen molar-refractivity contribution in [2.45, 2.75) is 43.7 Å². The summed E-state index contributed by atoms with van der Waals surface area (Å²) in [6, 6.07) is 12.2. The van der Waals surface area contributed by atoms with Gasteiger partial charge >= 0.3 is 0 Å². The Morgan fingerprint density at radius 1 is 1.19 bits per heavy atom. The molecule has 0 amide bonds. The topological polar surface area (TPSA) is 68.6 Å². The zero-order valence-electron chi connectivity index (χ0n) is 17.5. The number of carbonyl (C=O) groups excluding carboxylic acids is 1. The summed E-state index contributed by atoms with van der Waals surface area (Å²) < 4.78 is 35.4. The molecule has 0 aliphatic carbocycles. The largest absolute Gasteiger partial charge is 0.491 e. The van der Waals surface area contributed by atoms with E-state index in [0.717, 1.165) is 22.8 Å². The first-order chi connectivity index (χ1) is 14.8. The van der Waals surface area contributed by atoms with Crippen LogP contribution >= 0.6 is 11.6 Å². The molecule has 2 aromatic carbocycles. The number of sulfonamides is 1. The third-order valence-corrected chi connectivity index (χ3v) is 7.77. The number of carbonyl (C=O) groups is 1. The lowest BCUT2D eigenvalue weighted by Crippen LogP contribution is -2.28. The Hall–Kier alpha value is -2.35. The predicted molar refractivity (Wildman–Crippen MR) is 121 cm³/mol. The van der Waals surface area contributed by atoms with Crippen molar-refractivity contribution in [3.05, 3.63) is 59.2 Å². The first kappa shape index (κ1) is 21.9. The van der Waals surface area contributed by atoms with E-state index in [-0.39, 0.29) is 23.5 Å². The Balaban J connectivity index is 1.60. The average molecular weight is 461 g/mol. The van der Waals surface area contributed by atoms with Crippen LogP contribution in [0.2, 0.25) is 5.02 Å². The van der Waals surface area contributed by atoms with Crippen LogP contribution in [0.3, 0.4) is 0 Å². The molecule has 0 spiro atoms. The fourth-order valence-electron chi connectivity index (χ4n) is 4.19.